The van der Waals surface area contributed by atoms with Crippen molar-refractivity contribution in [3.05, 3.63) is 35.9 Å². The summed E-state index contributed by atoms with van der Waals surface area (Å²) in [6, 6.07) is 13.0. The lowest BCUT2D eigenvalue weighted by atomic mass is 9.87. The molecule has 3 heteroatoms. The van der Waals surface area contributed by atoms with Crippen LogP contribution in [0.1, 0.15) is 37.7 Å². The van der Waals surface area contributed by atoms with Gasteiger partial charge in [0.2, 0.25) is 0 Å². The molecule has 1 fully saturated rings. The first-order chi connectivity index (χ1) is 9.78. The van der Waals surface area contributed by atoms with Crippen LogP contribution < -0.4 is 5.73 Å². The average Bonchev–Trinajstić information content (AvgIpc) is 2.53. The molecule has 1 heterocycles. The van der Waals surface area contributed by atoms with Crippen LogP contribution in [0.3, 0.4) is 0 Å². The highest BCUT2D eigenvalue weighted by molar-refractivity contribution is 5.25. The molecule has 3 atom stereocenters. The van der Waals surface area contributed by atoms with Gasteiger partial charge in [-0.15, -0.1) is 0 Å². The van der Waals surface area contributed by atoms with Crippen LogP contribution >= 0.6 is 0 Å². The van der Waals surface area contributed by atoms with Gasteiger partial charge in [-0.05, 0) is 30.9 Å². The average molecular weight is 271 g/mol. The number of nitriles is 1. The highest BCUT2D eigenvalue weighted by Crippen LogP contribution is 2.27. The first kappa shape index (κ1) is 15.0. The molecule has 1 aliphatic heterocycles. The van der Waals surface area contributed by atoms with Crippen molar-refractivity contribution in [1.82, 2.24) is 4.90 Å². The van der Waals surface area contributed by atoms with Gasteiger partial charge in [-0.3, -0.25) is 4.90 Å². The van der Waals surface area contributed by atoms with E-state index in [0.717, 1.165) is 24.6 Å². The van der Waals surface area contributed by atoms with Crippen molar-refractivity contribution in [3.63, 3.8) is 0 Å². The van der Waals surface area contributed by atoms with Crippen molar-refractivity contribution in [1.29, 1.82) is 5.26 Å². The Morgan fingerprint density at radius 1 is 1.40 bits per heavy atom. The summed E-state index contributed by atoms with van der Waals surface area (Å²) in [5.74, 6) is 0.750. The molecule has 0 spiro atoms. The number of rotatable bonds is 5. The largest absolute Gasteiger partial charge is 0.329 e. The smallest absolute Gasteiger partial charge is 0.0839 e. The highest BCUT2D eigenvalue weighted by atomic mass is 15.2. The lowest BCUT2D eigenvalue weighted by Gasteiger charge is -2.39. The minimum Gasteiger partial charge on any atom is -0.329 e. The van der Waals surface area contributed by atoms with Gasteiger partial charge in [0.25, 0.3) is 0 Å². The molecular weight excluding hydrogens is 246 g/mol. The van der Waals surface area contributed by atoms with Crippen LogP contribution in [-0.4, -0.2) is 30.6 Å². The van der Waals surface area contributed by atoms with Gasteiger partial charge in [0, 0.05) is 19.1 Å². The van der Waals surface area contributed by atoms with Crippen LogP contribution in [0.4, 0.5) is 0 Å². The number of likely N-dealkylation sites (tertiary alicyclic amines) is 1. The Kier molecular flexibility index (Phi) is 5.58. The lowest BCUT2D eigenvalue weighted by molar-refractivity contribution is 0.112. The van der Waals surface area contributed by atoms with E-state index in [9.17, 15) is 5.26 Å². The molecule has 3 nitrogen and oxygen atoms in total. The zero-order valence-corrected chi connectivity index (χ0v) is 12.3. The standard InChI is InChI=1S/C17H25N3/c1-2-14-8-9-20(17(10-14)12-19)13-16(11-18)15-6-4-3-5-7-15/h3-7,14,16-17H,2,8-10,12-13,19H2,1H3. The molecule has 0 amide bonds. The van der Waals surface area contributed by atoms with Gasteiger partial charge in [-0.25, -0.2) is 0 Å². The van der Waals surface area contributed by atoms with Crippen molar-refractivity contribution in [2.45, 2.75) is 38.1 Å². The zero-order valence-electron chi connectivity index (χ0n) is 12.3. The Balaban J connectivity index is 2.02. The monoisotopic (exact) mass is 271 g/mol. The van der Waals surface area contributed by atoms with E-state index >= 15 is 0 Å². The van der Waals surface area contributed by atoms with Gasteiger partial charge >= 0.3 is 0 Å². The lowest BCUT2D eigenvalue weighted by Crippen LogP contribution is -2.47. The minimum atomic E-state index is -0.0524. The molecule has 0 radical (unpaired) electrons. The van der Waals surface area contributed by atoms with Crippen molar-refractivity contribution in [2.75, 3.05) is 19.6 Å². The molecule has 20 heavy (non-hydrogen) atoms. The van der Waals surface area contributed by atoms with Crippen molar-refractivity contribution >= 4 is 0 Å². The summed E-state index contributed by atoms with van der Waals surface area (Å²) in [7, 11) is 0. The molecule has 1 aromatic rings. The molecule has 0 saturated carbocycles. The topological polar surface area (TPSA) is 53.0 Å². The maximum absolute atomic E-state index is 9.46. The predicted octanol–water partition coefficient (Wildman–Crippen LogP) is 2.74. The zero-order chi connectivity index (χ0) is 14.4. The van der Waals surface area contributed by atoms with Crippen LogP contribution in [0.15, 0.2) is 30.3 Å². The van der Waals surface area contributed by atoms with Gasteiger partial charge in [0.05, 0.1) is 12.0 Å². The number of hydrogen-bond donors (Lipinski definition) is 1. The van der Waals surface area contributed by atoms with Crippen LogP contribution in [0, 0.1) is 17.2 Å². The number of hydrogen-bond acceptors (Lipinski definition) is 3. The van der Waals surface area contributed by atoms with Gasteiger partial charge in [-0.2, -0.15) is 5.26 Å². The molecular formula is C17H25N3. The molecule has 3 unspecified atom stereocenters. The maximum atomic E-state index is 9.46. The summed E-state index contributed by atoms with van der Waals surface area (Å²) in [6.45, 7) is 4.84. The molecule has 1 saturated heterocycles. The Hall–Kier alpha value is -1.37. The fourth-order valence-corrected chi connectivity index (χ4v) is 3.18. The van der Waals surface area contributed by atoms with E-state index in [0.29, 0.717) is 12.6 Å². The normalized spacial score (nSPS) is 25.1. The minimum absolute atomic E-state index is 0.0524. The first-order valence-corrected chi connectivity index (χ1v) is 7.67. The molecule has 2 N–H and O–H groups in total. The number of nitrogens with two attached hydrogens (primary N) is 1. The fraction of sp³-hybridized carbons (Fsp3) is 0.588. The molecule has 108 valence electrons. The summed E-state index contributed by atoms with van der Waals surface area (Å²) < 4.78 is 0. The number of nitrogens with zero attached hydrogens (tertiary/aromatic N) is 2. The Bertz CT molecular complexity index is 437. The maximum Gasteiger partial charge on any atom is 0.0839 e. The van der Waals surface area contributed by atoms with Crippen LogP contribution in [0.5, 0.6) is 0 Å². The third-order valence-electron chi connectivity index (χ3n) is 4.57. The van der Waals surface area contributed by atoms with Crippen LogP contribution in [-0.2, 0) is 0 Å². The van der Waals surface area contributed by atoms with E-state index in [1.165, 1.54) is 19.3 Å². The second-order valence-corrected chi connectivity index (χ2v) is 5.78. The molecule has 1 aromatic carbocycles. The summed E-state index contributed by atoms with van der Waals surface area (Å²) in [6.07, 6.45) is 3.66. The Labute approximate surface area is 122 Å². The van der Waals surface area contributed by atoms with Gasteiger partial charge in [0.1, 0.15) is 0 Å². The van der Waals surface area contributed by atoms with E-state index in [1.54, 1.807) is 0 Å². The van der Waals surface area contributed by atoms with E-state index in [-0.39, 0.29) is 5.92 Å². The van der Waals surface area contributed by atoms with Crippen molar-refractivity contribution in [3.8, 4) is 6.07 Å². The van der Waals surface area contributed by atoms with E-state index < -0.39 is 0 Å². The van der Waals surface area contributed by atoms with E-state index in [4.69, 9.17) is 5.73 Å². The predicted molar refractivity (Wildman–Crippen MR) is 82.2 cm³/mol. The van der Waals surface area contributed by atoms with Crippen LogP contribution in [0.25, 0.3) is 0 Å². The quantitative estimate of drug-likeness (QED) is 0.896. The highest BCUT2D eigenvalue weighted by Gasteiger charge is 2.28. The van der Waals surface area contributed by atoms with Gasteiger partial charge in [-0.1, -0.05) is 43.7 Å². The number of benzene rings is 1. The van der Waals surface area contributed by atoms with Crippen molar-refractivity contribution in [2.24, 2.45) is 11.7 Å². The number of piperidine rings is 1. The molecule has 2 rings (SSSR count). The third kappa shape index (κ3) is 3.59. The Morgan fingerprint density at radius 3 is 2.75 bits per heavy atom. The van der Waals surface area contributed by atoms with Crippen LogP contribution in [0.2, 0.25) is 0 Å². The SMILES string of the molecule is CCC1CCN(CC(C#N)c2ccccc2)C(CN)C1. The fourth-order valence-electron chi connectivity index (χ4n) is 3.18. The van der Waals surface area contributed by atoms with E-state index in [1.807, 2.05) is 30.3 Å². The van der Waals surface area contributed by atoms with Gasteiger partial charge in [0.15, 0.2) is 0 Å². The molecule has 0 aliphatic carbocycles. The Morgan fingerprint density at radius 2 is 2.15 bits per heavy atom. The summed E-state index contributed by atoms with van der Waals surface area (Å²) in [5.41, 5.74) is 7.06. The second-order valence-electron chi connectivity index (χ2n) is 5.78. The van der Waals surface area contributed by atoms with Crippen molar-refractivity contribution < 1.29 is 0 Å². The third-order valence-corrected chi connectivity index (χ3v) is 4.57. The molecule has 0 aromatic heterocycles. The summed E-state index contributed by atoms with van der Waals surface area (Å²) >= 11 is 0. The summed E-state index contributed by atoms with van der Waals surface area (Å²) in [5, 5.41) is 9.46. The van der Waals surface area contributed by atoms with Gasteiger partial charge < -0.3 is 5.73 Å². The molecule has 1 aliphatic rings. The van der Waals surface area contributed by atoms with E-state index in [2.05, 4.69) is 17.9 Å². The molecule has 0 bridgehead atoms. The second kappa shape index (κ2) is 7.42. The summed E-state index contributed by atoms with van der Waals surface area (Å²) in [4.78, 5) is 2.42. The first-order valence-electron chi connectivity index (χ1n) is 7.67.